The standard InChI is InChI=1S/C9H16N2S/c1-2-3-5-11-9(7-10)4-6-12-8-9/h11H,4-8,10H2,1H3. The molecule has 0 radical (unpaired) electrons. The fourth-order valence-corrected chi connectivity index (χ4v) is 2.73. The van der Waals surface area contributed by atoms with Crippen LogP contribution in [0.5, 0.6) is 0 Å². The molecule has 0 aromatic heterocycles. The average Bonchev–Trinajstić information content (AvgIpc) is 2.55. The number of nitrogens with one attached hydrogen (secondary N) is 1. The summed E-state index contributed by atoms with van der Waals surface area (Å²) in [7, 11) is 0. The monoisotopic (exact) mass is 184 g/mol. The summed E-state index contributed by atoms with van der Waals surface area (Å²) >= 11 is 1.97. The predicted octanol–water partition coefficient (Wildman–Crippen LogP) is 0.434. The molecule has 2 nitrogen and oxygen atoms in total. The van der Waals surface area contributed by atoms with Gasteiger partial charge in [0.1, 0.15) is 0 Å². The van der Waals surface area contributed by atoms with E-state index < -0.39 is 0 Å². The van der Waals surface area contributed by atoms with Crippen LogP contribution in [-0.2, 0) is 0 Å². The molecule has 0 aliphatic carbocycles. The van der Waals surface area contributed by atoms with Gasteiger partial charge in [-0.2, -0.15) is 11.8 Å². The SMILES string of the molecule is CC#CCNC1(CN)CCSC1. The number of hydrogen-bond donors (Lipinski definition) is 2. The zero-order chi connectivity index (χ0) is 8.86. The van der Waals surface area contributed by atoms with E-state index in [4.69, 9.17) is 5.73 Å². The molecule has 1 rings (SSSR count). The van der Waals surface area contributed by atoms with Gasteiger partial charge in [0.25, 0.3) is 0 Å². The fraction of sp³-hybridized carbons (Fsp3) is 0.778. The molecule has 1 saturated heterocycles. The zero-order valence-electron chi connectivity index (χ0n) is 7.52. The molecule has 0 bridgehead atoms. The third-order valence-corrected chi connectivity index (χ3v) is 3.47. The van der Waals surface area contributed by atoms with Crippen LogP contribution in [0.3, 0.4) is 0 Å². The Morgan fingerprint density at radius 1 is 1.67 bits per heavy atom. The van der Waals surface area contributed by atoms with E-state index in [1.165, 1.54) is 12.2 Å². The van der Waals surface area contributed by atoms with Crippen molar-refractivity contribution in [2.45, 2.75) is 18.9 Å². The summed E-state index contributed by atoms with van der Waals surface area (Å²) in [5.74, 6) is 8.24. The van der Waals surface area contributed by atoms with Gasteiger partial charge in [-0.15, -0.1) is 5.92 Å². The minimum atomic E-state index is 0.175. The third-order valence-electron chi connectivity index (χ3n) is 2.22. The highest BCUT2D eigenvalue weighted by atomic mass is 32.2. The second kappa shape index (κ2) is 4.76. The maximum absolute atomic E-state index is 5.73. The molecule has 1 heterocycles. The van der Waals surface area contributed by atoms with Gasteiger partial charge < -0.3 is 5.73 Å². The van der Waals surface area contributed by atoms with E-state index in [2.05, 4.69) is 17.2 Å². The van der Waals surface area contributed by atoms with E-state index in [1.54, 1.807) is 0 Å². The van der Waals surface area contributed by atoms with Crippen molar-refractivity contribution < 1.29 is 0 Å². The first kappa shape index (κ1) is 9.91. The van der Waals surface area contributed by atoms with Crippen molar-refractivity contribution >= 4 is 11.8 Å². The quantitative estimate of drug-likeness (QED) is 0.625. The van der Waals surface area contributed by atoms with Crippen molar-refractivity contribution in [2.75, 3.05) is 24.6 Å². The highest BCUT2D eigenvalue weighted by Gasteiger charge is 2.31. The molecule has 1 aliphatic heterocycles. The summed E-state index contributed by atoms with van der Waals surface area (Å²) in [6.07, 6.45) is 1.18. The molecule has 3 heteroatoms. The first-order valence-electron chi connectivity index (χ1n) is 4.25. The number of rotatable bonds is 3. The lowest BCUT2D eigenvalue weighted by molar-refractivity contribution is 0.393. The molecule has 12 heavy (non-hydrogen) atoms. The molecule has 1 atom stereocenters. The number of hydrogen-bond acceptors (Lipinski definition) is 3. The lowest BCUT2D eigenvalue weighted by Gasteiger charge is -2.26. The van der Waals surface area contributed by atoms with E-state index in [9.17, 15) is 0 Å². The van der Waals surface area contributed by atoms with E-state index >= 15 is 0 Å². The van der Waals surface area contributed by atoms with Crippen LogP contribution in [-0.4, -0.2) is 30.1 Å². The zero-order valence-corrected chi connectivity index (χ0v) is 8.34. The Bertz CT molecular complexity index is 186. The molecule has 3 N–H and O–H groups in total. The molecule has 0 saturated carbocycles. The number of nitrogens with two attached hydrogens (primary N) is 1. The molecule has 0 amide bonds. The number of thioether (sulfide) groups is 1. The van der Waals surface area contributed by atoms with Crippen molar-refractivity contribution in [1.29, 1.82) is 0 Å². The average molecular weight is 184 g/mol. The Hall–Kier alpha value is -0.170. The minimum Gasteiger partial charge on any atom is -0.329 e. The van der Waals surface area contributed by atoms with Gasteiger partial charge in [-0.1, -0.05) is 5.92 Å². The molecule has 1 fully saturated rings. The molecular weight excluding hydrogens is 168 g/mol. The van der Waals surface area contributed by atoms with Crippen LogP contribution in [0.25, 0.3) is 0 Å². The summed E-state index contributed by atoms with van der Waals surface area (Å²) in [6, 6.07) is 0. The van der Waals surface area contributed by atoms with Crippen LogP contribution in [0, 0.1) is 11.8 Å². The van der Waals surface area contributed by atoms with Crippen molar-refractivity contribution in [1.82, 2.24) is 5.32 Å². The van der Waals surface area contributed by atoms with Crippen LogP contribution in [0.15, 0.2) is 0 Å². The first-order chi connectivity index (χ1) is 5.83. The second-order valence-electron chi connectivity index (χ2n) is 3.07. The van der Waals surface area contributed by atoms with Gasteiger partial charge >= 0.3 is 0 Å². The maximum atomic E-state index is 5.73. The van der Waals surface area contributed by atoms with Crippen LogP contribution < -0.4 is 11.1 Å². The smallest absolute Gasteiger partial charge is 0.0581 e. The van der Waals surface area contributed by atoms with Crippen molar-refractivity contribution in [3.63, 3.8) is 0 Å². The Kier molecular flexibility index (Phi) is 3.93. The van der Waals surface area contributed by atoms with Gasteiger partial charge in [0.15, 0.2) is 0 Å². The summed E-state index contributed by atoms with van der Waals surface area (Å²) < 4.78 is 0. The van der Waals surface area contributed by atoms with Crippen molar-refractivity contribution in [2.24, 2.45) is 5.73 Å². The molecule has 0 spiro atoms. The fourth-order valence-electron chi connectivity index (χ4n) is 1.30. The van der Waals surface area contributed by atoms with Crippen molar-refractivity contribution in [3.8, 4) is 11.8 Å². The van der Waals surface area contributed by atoms with Gasteiger partial charge in [-0.25, -0.2) is 0 Å². The van der Waals surface area contributed by atoms with Gasteiger partial charge in [0.2, 0.25) is 0 Å². The van der Waals surface area contributed by atoms with E-state index in [1.807, 2.05) is 18.7 Å². The highest BCUT2D eigenvalue weighted by Crippen LogP contribution is 2.26. The molecule has 68 valence electrons. The Morgan fingerprint density at radius 2 is 2.50 bits per heavy atom. The van der Waals surface area contributed by atoms with Crippen LogP contribution >= 0.6 is 11.8 Å². The lowest BCUT2D eigenvalue weighted by Crippen LogP contribution is -2.51. The normalized spacial score (nSPS) is 28.2. The van der Waals surface area contributed by atoms with E-state index in [0.29, 0.717) is 0 Å². The Balaban J connectivity index is 2.37. The largest absolute Gasteiger partial charge is 0.329 e. The van der Waals surface area contributed by atoms with Crippen LogP contribution in [0.1, 0.15) is 13.3 Å². The molecular formula is C9H16N2S. The van der Waals surface area contributed by atoms with Crippen molar-refractivity contribution in [3.05, 3.63) is 0 Å². The maximum Gasteiger partial charge on any atom is 0.0581 e. The van der Waals surface area contributed by atoms with Gasteiger partial charge in [0, 0.05) is 17.8 Å². The third kappa shape index (κ3) is 2.41. The molecule has 1 unspecified atom stereocenters. The second-order valence-corrected chi connectivity index (χ2v) is 4.17. The topological polar surface area (TPSA) is 38.0 Å². The van der Waals surface area contributed by atoms with Crippen LogP contribution in [0.2, 0.25) is 0 Å². The molecule has 1 aliphatic rings. The Labute approximate surface area is 78.7 Å². The summed E-state index contributed by atoms with van der Waals surface area (Å²) in [5, 5.41) is 3.43. The van der Waals surface area contributed by atoms with E-state index in [-0.39, 0.29) is 5.54 Å². The van der Waals surface area contributed by atoms with Gasteiger partial charge in [0.05, 0.1) is 6.54 Å². The molecule has 0 aromatic carbocycles. The predicted molar refractivity (Wildman–Crippen MR) is 55.2 cm³/mol. The van der Waals surface area contributed by atoms with E-state index in [0.717, 1.165) is 18.8 Å². The first-order valence-corrected chi connectivity index (χ1v) is 5.41. The summed E-state index contributed by atoms with van der Waals surface area (Å²) in [6.45, 7) is 3.36. The van der Waals surface area contributed by atoms with Crippen LogP contribution in [0.4, 0.5) is 0 Å². The minimum absolute atomic E-state index is 0.175. The summed E-state index contributed by atoms with van der Waals surface area (Å²) in [4.78, 5) is 0. The highest BCUT2D eigenvalue weighted by molar-refractivity contribution is 7.99. The van der Waals surface area contributed by atoms with Gasteiger partial charge in [-0.05, 0) is 19.1 Å². The Morgan fingerprint density at radius 3 is 3.00 bits per heavy atom. The molecule has 0 aromatic rings. The lowest BCUT2D eigenvalue weighted by atomic mass is 9.99. The van der Waals surface area contributed by atoms with Gasteiger partial charge in [-0.3, -0.25) is 5.32 Å². The summed E-state index contributed by atoms with van der Waals surface area (Å²) in [5.41, 5.74) is 5.90.